The van der Waals surface area contributed by atoms with Gasteiger partial charge in [0.1, 0.15) is 5.82 Å². The molecule has 1 saturated carbocycles. The van der Waals surface area contributed by atoms with E-state index in [4.69, 9.17) is 0 Å². The van der Waals surface area contributed by atoms with Crippen LogP contribution in [0.5, 0.6) is 0 Å². The molecular weight excluding hydrogens is 251 g/mol. The van der Waals surface area contributed by atoms with Gasteiger partial charge in [0.05, 0.1) is 10.5 Å². The zero-order valence-corrected chi connectivity index (χ0v) is 10.6. The highest BCUT2D eigenvalue weighted by Gasteiger charge is 2.25. The summed E-state index contributed by atoms with van der Waals surface area (Å²) in [5, 5.41) is 13.4. The fraction of sp³-hybridized carbons (Fsp3) is 0.462. The van der Waals surface area contributed by atoms with Crippen LogP contribution < -0.4 is 5.32 Å². The summed E-state index contributed by atoms with van der Waals surface area (Å²) in [6.07, 6.45) is 2.76. The number of hydrogen-bond acceptors (Lipinski definition) is 3. The third kappa shape index (κ3) is 3.07. The van der Waals surface area contributed by atoms with Gasteiger partial charge in [0.15, 0.2) is 0 Å². The summed E-state index contributed by atoms with van der Waals surface area (Å²) in [5.74, 6) is -0.783. The monoisotopic (exact) mass is 266 g/mol. The topological polar surface area (TPSA) is 72.2 Å². The van der Waals surface area contributed by atoms with Crippen LogP contribution in [0, 0.1) is 21.8 Å². The molecule has 2 unspecified atom stereocenters. The Morgan fingerprint density at radius 2 is 2.21 bits per heavy atom. The van der Waals surface area contributed by atoms with Crippen LogP contribution in [0.2, 0.25) is 0 Å². The molecule has 1 amide bonds. The van der Waals surface area contributed by atoms with Crippen molar-refractivity contribution in [2.45, 2.75) is 32.2 Å². The average Bonchev–Trinajstić information content (AvgIpc) is 2.74. The van der Waals surface area contributed by atoms with E-state index in [0.717, 1.165) is 37.5 Å². The second-order valence-corrected chi connectivity index (χ2v) is 5.01. The molecule has 1 aliphatic carbocycles. The number of nitro groups is 1. The van der Waals surface area contributed by atoms with Crippen LogP contribution >= 0.6 is 0 Å². The number of halogens is 1. The number of nitrogens with zero attached hydrogens (tertiary/aromatic N) is 1. The Kier molecular flexibility index (Phi) is 3.78. The fourth-order valence-electron chi connectivity index (χ4n) is 2.40. The first-order chi connectivity index (χ1) is 8.97. The summed E-state index contributed by atoms with van der Waals surface area (Å²) < 4.78 is 13.6. The first kappa shape index (κ1) is 13.5. The van der Waals surface area contributed by atoms with Gasteiger partial charge in [0, 0.05) is 18.2 Å². The van der Waals surface area contributed by atoms with E-state index >= 15 is 0 Å². The lowest BCUT2D eigenvalue weighted by atomic mass is 10.1. The van der Waals surface area contributed by atoms with Crippen LogP contribution in [0.3, 0.4) is 0 Å². The number of hydrogen-bond donors (Lipinski definition) is 1. The molecule has 0 radical (unpaired) electrons. The molecule has 1 aromatic carbocycles. The number of carbonyl (C=O) groups excluding carboxylic acids is 1. The van der Waals surface area contributed by atoms with E-state index < -0.39 is 16.6 Å². The van der Waals surface area contributed by atoms with Crippen molar-refractivity contribution in [3.05, 3.63) is 39.7 Å². The van der Waals surface area contributed by atoms with Crippen molar-refractivity contribution in [1.82, 2.24) is 5.32 Å². The van der Waals surface area contributed by atoms with E-state index in [-0.39, 0.29) is 17.3 Å². The first-order valence-electron chi connectivity index (χ1n) is 6.22. The summed E-state index contributed by atoms with van der Waals surface area (Å²) in [5.41, 5.74) is -0.555. The molecule has 19 heavy (non-hydrogen) atoms. The molecular formula is C13H15FN2O3. The molecule has 0 aromatic heterocycles. The zero-order chi connectivity index (χ0) is 14.0. The van der Waals surface area contributed by atoms with Gasteiger partial charge >= 0.3 is 0 Å². The van der Waals surface area contributed by atoms with Crippen molar-refractivity contribution in [2.24, 2.45) is 5.92 Å². The van der Waals surface area contributed by atoms with E-state index in [2.05, 4.69) is 12.2 Å². The van der Waals surface area contributed by atoms with E-state index in [9.17, 15) is 19.3 Å². The predicted octanol–water partition coefficient (Wildman–Crippen LogP) is 2.65. The first-order valence-corrected chi connectivity index (χ1v) is 6.22. The number of nitro benzene ring substituents is 1. The van der Waals surface area contributed by atoms with Gasteiger partial charge in [0.25, 0.3) is 11.6 Å². The van der Waals surface area contributed by atoms with Gasteiger partial charge in [-0.3, -0.25) is 14.9 Å². The molecule has 0 saturated heterocycles. The van der Waals surface area contributed by atoms with Gasteiger partial charge in [-0.25, -0.2) is 4.39 Å². The normalized spacial score (nSPS) is 22.2. The predicted molar refractivity (Wildman–Crippen MR) is 67.3 cm³/mol. The van der Waals surface area contributed by atoms with Crippen molar-refractivity contribution in [3.63, 3.8) is 0 Å². The van der Waals surface area contributed by atoms with Gasteiger partial charge in [0.2, 0.25) is 0 Å². The van der Waals surface area contributed by atoms with Crippen LogP contribution in [0.1, 0.15) is 36.5 Å². The van der Waals surface area contributed by atoms with Crippen molar-refractivity contribution >= 4 is 11.6 Å². The number of non-ortho nitro benzene ring substituents is 1. The summed E-state index contributed by atoms with van der Waals surface area (Å²) in [6.45, 7) is 2.10. The second-order valence-electron chi connectivity index (χ2n) is 5.01. The molecule has 1 aromatic rings. The summed E-state index contributed by atoms with van der Waals surface area (Å²) >= 11 is 0. The molecule has 0 aliphatic heterocycles. The third-order valence-corrected chi connectivity index (χ3v) is 3.44. The second kappa shape index (κ2) is 5.34. The van der Waals surface area contributed by atoms with Gasteiger partial charge in [-0.1, -0.05) is 6.92 Å². The molecule has 2 atom stereocenters. The quantitative estimate of drug-likeness (QED) is 0.675. The Morgan fingerprint density at radius 1 is 1.47 bits per heavy atom. The lowest BCUT2D eigenvalue weighted by Crippen LogP contribution is -2.33. The molecule has 1 N–H and O–H groups in total. The van der Waals surface area contributed by atoms with Crippen molar-refractivity contribution in [2.75, 3.05) is 0 Å². The maximum absolute atomic E-state index is 13.6. The Labute approximate surface area is 110 Å². The Balaban J connectivity index is 2.14. The summed E-state index contributed by atoms with van der Waals surface area (Å²) in [6, 6.07) is 3.00. The largest absolute Gasteiger partial charge is 0.349 e. The van der Waals surface area contributed by atoms with E-state index in [1.807, 2.05) is 0 Å². The van der Waals surface area contributed by atoms with Crippen LogP contribution in [0.4, 0.5) is 10.1 Å². The van der Waals surface area contributed by atoms with Crippen LogP contribution in [-0.4, -0.2) is 16.9 Å². The van der Waals surface area contributed by atoms with E-state index in [0.29, 0.717) is 5.92 Å². The van der Waals surface area contributed by atoms with E-state index in [1.54, 1.807) is 0 Å². The maximum atomic E-state index is 13.6. The smallest absolute Gasteiger partial charge is 0.270 e. The fourth-order valence-corrected chi connectivity index (χ4v) is 2.40. The average molecular weight is 266 g/mol. The number of carbonyl (C=O) groups is 1. The Morgan fingerprint density at radius 3 is 2.79 bits per heavy atom. The number of rotatable bonds is 3. The third-order valence-electron chi connectivity index (χ3n) is 3.44. The molecule has 0 heterocycles. The minimum absolute atomic E-state index is 0.0289. The van der Waals surface area contributed by atoms with Crippen LogP contribution in [0.25, 0.3) is 0 Å². The van der Waals surface area contributed by atoms with Gasteiger partial charge in [-0.2, -0.15) is 0 Å². The highest BCUT2D eigenvalue weighted by atomic mass is 19.1. The lowest BCUT2D eigenvalue weighted by molar-refractivity contribution is -0.384. The molecule has 102 valence electrons. The summed E-state index contributed by atoms with van der Waals surface area (Å²) in [7, 11) is 0. The minimum atomic E-state index is -0.742. The molecule has 2 rings (SSSR count). The SMILES string of the molecule is CC1CCC(NC(=O)c2cc([N+](=O)[O-])ccc2F)C1. The molecule has 1 aliphatic rings. The van der Waals surface area contributed by atoms with Gasteiger partial charge in [-0.05, 0) is 31.2 Å². The molecule has 0 bridgehead atoms. The van der Waals surface area contributed by atoms with Gasteiger partial charge < -0.3 is 5.32 Å². The van der Waals surface area contributed by atoms with Crippen molar-refractivity contribution in [1.29, 1.82) is 0 Å². The lowest BCUT2D eigenvalue weighted by Gasteiger charge is -2.12. The maximum Gasteiger partial charge on any atom is 0.270 e. The number of nitrogens with one attached hydrogen (secondary N) is 1. The van der Waals surface area contributed by atoms with Crippen molar-refractivity contribution < 1.29 is 14.1 Å². The Bertz CT molecular complexity index is 519. The highest BCUT2D eigenvalue weighted by molar-refractivity contribution is 5.95. The van der Waals surface area contributed by atoms with Crippen LogP contribution in [0.15, 0.2) is 18.2 Å². The molecule has 0 spiro atoms. The molecule has 5 nitrogen and oxygen atoms in total. The number of amides is 1. The van der Waals surface area contributed by atoms with Gasteiger partial charge in [-0.15, -0.1) is 0 Å². The molecule has 6 heteroatoms. The van der Waals surface area contributed by atoms with Crippen LogP contribution in [-0.2, 0) is 0 Å². The van der Waals surface area contributed by atoms with E-state index in [1.165, 1.54) is 0 Å². The zero-order valence-electron chi connectivity index (χ0n) is 10.6. The van der Waals surface area contributed by atoms with Crippen molar-refractivity contribution in [3.8, 4) is 0 Å². The number of benzene rings is 1. The minimum Gasteiger partial charge on any atom is -0.349 e. The highest BCUT2D eigenvalue weighted by Crippen LogP contribution is 2.25. The Hall–Kier alpha value is -1.98. The molecule has 1 fully saturated rings. The summed E-state index contributed by atoms with van der Waals surface area (Å²) in [4.78, 5) is 21.9. The standard InChI is InChI=1S/C13H15FN2O3/c1-8-2-3-9(6-8)15-13(17)11-7-10(16(18)19)4-5-12(11)14/h4-5,7-9H,2-3,6H2,1H3,(H,15,17).